The predicted octanol–water partition coefficient (Wildman–Crippen LogP) is 0.707. The highest BCUT2D eigenvalue weighted by Crippen LogP contribution is 2.16. The van der Waals surface area contributed by atoms with Crippen LogP contribution < -0.4 is 0 Å². The molecule has 0 fully saturated rings. The first-order chi connectivity index (χ1) is 9.41. The van der Waals surface area contributed by atoms with Crippen molar-refractivity contribution in [3.05, 3.63) is 29.8 Å². The van der Waals surface area contributed by atoms with Crippen molar-refractivity contribution in [3.63, 3.8) is 0 Å². The Labute approximate surface area is 118 Å². The molecule has 0 bridgehead atoms. The van der Waals surface area contributed by atoms with Gasteiger partial charge in [-0.1, -0.05) is 19.1 Å². The van der Waals surface area contributed by atoms with Crippen molar-refractivity contribution in [1.82, 2.24) is 4.31 Å². The number of carboxylic acid groups (broad SMARTS) is 1. The van der Waals surface area contributed by atoms with Crippen LogP contribution in [0.4, 0.5) is 0 Å². The number of aliphatic hydroxyl groups is 1. The molecular weight excluding hydrogens is 282 g/mol. The summed E-state index contributed by atoms with van der Waals surface area (Å²) in [6.07, 6.45) is 0.376. The highest BCUT2D eigenvalue weighted by Gasteiger charge is 2.22. The van der Waals surface area contributed by atoms with Crippen molar-refractivity contribution in [2.45, 2.75) is 24.7 Å². The van der Waals surface area contributed by atoms with Crippen LogP contribution in [0, 0.1) is 0 Å². The molecule has 6 nitrogen and oxygen atoms in total. The molecule has 0 saturated carbocycles. The highest BCUT2D eigenvalue weighted by molar-refractivity contribution is 7.89. The summed E-state index contributed by atoms with van der Waals surface area (Å²) >= 11 is 0. The number of sulfonamides is 1. The van der Waals surface area contributed by atoms with Crippen molar-refractivity contribution >= 4 is 16.0 Å². The lowest BCUT2D eigenvalue weighted by molar-refractivity contribution is -0.136. The van der Waals surface area contributed by atoms with Gasteiger partial charge in [-0.3, -0.25) is 4.79 Å². The molecule has 0 saturated heterocycles. The minimum Gasteiger partial charge on any atom is -0.481 e. The summed E-state index contributed by atoms with van der Waals surface area (Å²) in [5, 5.41) is 17.5. The molecule has 112 valence electrons. The zero-order valence-corrected chi connectivity index (χ0v) is 12.1. The van der Waals surface area contributed by atoms with E-state index in [0.29, 0.717) is 6.42 Å². The van der Waals surface area contributed by atoms with Gasteiger partial charge < -0.3 is 10.2 Å². The summed E-state index contributed by atoms with van der Waals surface area (Å²) in [5.74, 6) is -0.887. The van der Waals surface area contributed by atoms with Crippen LogP contribution in [0.1, 0.15) is 18.9 Å². The Morgan fingerprint density at radius 3 is 2.30 bits per heavy atom. The molecule has 1 aromatic rings. The number of aliphatic hydroxyl groups excluding tert-OH is 1. The van der Waals surface area contributed by atoms with E-state index in [1.165, 1.54) is 16.4 Å². The topological polar surface area (TPSA) is 94.9 Å². The van der Waals surface area contributed by atoms with Crippen LogP contribution >= 0.6 is 0 Å². The van der Waals surface area contributed by atoms with E-state index in [0.717, 1.165) is 5.56 Å². The van der Waals surface area contributed by atoms with Crippen molar-refractivity contribution < 1.29 is 23.4 Å². The van der Waals surface area contributed by atoms with Gasteiger partial charge in [-0.15, -0.1) is 0 Å². The molecule has 1 rings (SSSR count). The Morgan fingerprint density at radius 1 is 1.25 bits per heavy atom. The first kappa shape index (κ1) is 16.6. The van der Waals surface area contributed by atoms with E-state index in [9.17, 15) is 13.2 Å². The molecular formula is C13H19NO5S. The maximum Gasteiger partial charge on any atom is 0.303 e. The summed E-state index contributed by atoms with van der Waals surface area (Å²) in [6.45, 7) is 1.81. The van der Waals surface area contributed by atoms with Gasteiger partial charge in [0.25, 0.3) is 0 Å². The fourth-order valence-electron chi connectivity index (χ4n) is 1.79. The average Bonchev–Trinajstić information content (AvgIpc) is 2.42. The fourth-order valence-corrected chi connectivity index (χ4v) is 3.23. The second-order valence-corrected chi connectivity index (χ2v) is 6.20. The molecule has 0 aliphatic carbocycles. The molecule has 0 aliphatic rings. The summed E-state index contributed by atoms with van der Waals surface area (Å²) < 4.78 is 25.7. The number of aliphatic carboxylic acids is 1. The molecule has 1 aromatic carbocycles. The van der Waals surface area contributed by atoms with Gasteiger partial charge >= 0.3 is 5.97 Å². The second-order valence-electron chi connectivity index (χ2n) is 4.26. The number of rotatable bonds is 8. The van der Waals surface area contributed by atoms with Crippen LogP contribution in [0.25, 0.3) is 0 Å². The van der Waals surface area contributed by atoms with Crippen LogP contribution in [0.15, 0.2) is 29.2 Å². The summed E-state index contributed by atoms with van der Waals surface area (Å²) in [5.41, 5.74) is 0.775. The lowest BCUT2D eigenvalue weighted by Gasteiger charge is -2.19. The van der Waals surface area contributed by atoms with E-state index < -0.39 is 16.0 Å². The van der Waals surface area contributed by atoms with E-state index in [-0.39, 0.29) is 31.0 Å². The zero-order valence-electron chi connectivity index (χ0n) is 11.3. The first-order valence-corrected chi connectivity index (χ1v) is 7.77. The zero-order chi connectivity index (χ0) is 15.2. The summed E-state index contributed by atoms with van der Waals surface area (Å²) in [6, 6.07) is 6.16. The van der Waals surface area contributed by atoms with Gasteiger partial charge in [0.1, 0.15) is 0 Å². The van der Waals surface area contributed by atoms with Crippen LogP contribution in [-0.4, -0.2) is 48.6 Å². The van der Waals surface area contributed by atoms with Crippen molar-refractivity contribution in [3.8, 4) is 0 Å². The van der Waals surface area contributed by atoms with E-state index in [4.69, 9.17) is 10.2 Å². The van der Waals surface area contributed by atoms with E-state index >= 15 is 0 Å². The molecule has 0 unspecified atom stereocenters. The molecule has 0 atom stereocenters. The SMILES string of the molecule is CCN(CCO)S(=O)(=O)c1ccc(CCC(=O)O)cc1. The lowest BCUT2D eigenvalue weighted by atomic mass is 10.1. The predicted molar refractivity (Wildman–Crippen MR) is 73.9 cm³/mol. The molecule has 0 aliphatic heterocycles. The van der Waals surface area contributed by atoms with Gasteiger partial charge in [0.15, 0.2) is 0 Å². The molecule has 20 heavy (non-hydrogen) atoms. The highest BCUT2D eigenvalue weighted by atomic mass is 32.2. The van der Waals surface area contributed by atoms with Gasteiger partial charge in [-0.25, -0.2) is 8.42 Å². The first-order valence-electron chi connectivity index (χ1n) is 6.33. The lowest BCUT2D eigenvalue weighted by Crippen LogP contribution is -2.33. The molecule has 0 heterocycles. The van der Waals surface area contributed by atoms with Gasteiger partial charge in [-0.05, 0) is 24.1 Å². The van der Waals surface area contributed by atoms with Gasteiger partial charge in [-0.2, -0.15) is 4.31 Å². The summed E-state index contributed by atoms with van der Waals surface area (Å²) in [7, 11) is -3.60. The van der Waals surface area contributed by atoms with Crippen LogP contribution in [0.3, 0.4) is 0 Å². The van der Waals surface area contributed by atoms with Crippen molar-refractivity contribution in [2.75, 3.05) is 19.7 Å². The third-order valence-electron chi connectivity index (χ3n) is 2.89. The normalized spacial score (nSPS) is 11.8. The maximum atomic E-state index is 12.3. The molecule has 2 N–H and O–H groups in total. The minimum absolute atomic E-state index is 0.0116. The largest absolute Gasteiger partial charge is 0.481 e. The molecule has 0 radical (unpaired) electrons. The molecule has 0 spiro atoms. The molecule has 0 amide bonds. The van der Waals surface area contributed by atoms with Gasteiger partial charge in [0, 0.05) is 19.5 Å². The number of aryl methyl sites for hydroxylation is 1. The Bertz CT molecular complexity index is 538. The second kappa shape index (κ2) is 7.37. The Hall–Kier alpha value is -1.44. The van der Waals surface area contributed by atoms with E-state index in [2.05, 4.69) is 0 Å². The maximum absolute atomic E-state index is 12.3. The minimum atomic E-state index is -3.60. The Morgan fingerprint density at radius 2 is 1.85 bits per heavy atom. The van der Waals surface area contributed by atoms with Crippen molar-refractivity contribution in [1.29, 1.82) is 0 Å². The fraction of sp³-hybridized carbons (Fsp3) is 0.462. The Balaban J connectivity index is 2.88. The van der Waals surface area contributed by atoms with Crippen LogP contribution in [0.5, 0.6) is 0 Å². The third kappa shape index (κ3) is 4.29. The monoisotopic (exact) mass is 301 g/mol. The van der Waals surface area contributed by atoms with Crippen molar-refractivity contribution in [2.24, 2.45) is 0 Å². The molecule has 7 heteroatoms. The Kier molecular flexibility index (Phi) is 6.12. The van der Waals surface area contributed by atoms with Crippen LogP contribution in [-0.2, 0) is 21.2 Å². The van der Waals surface area contributed by atoms with Crippen LogP contribution in [0.2, 0.25) is 0 Å². The number of carbonyl (C=O) groups is 1. The third-order valence-corrected chi connectivity index (χ3v) is 4.88. The quantitative estimate of drug-likeness (QED) is 0.737. The number of hydrogen-bond donors (Lipinski definition) is 2. The number of carboxylic acids is 1. The molecule has 0 aromatic heterocycles. The van der Waals surface area contributed by atoms with E-state index in [1.54, 1.807) is 19.1 Å². The number of hydrogen-bond acceptors (Lipinski definition) is 4. The number of likely N-dealkylation sites (N-methyl/N-ethyl adjacent to an activating group) is 1. The average molecular weight is 301 g/mol. The van der Waals surface area contributed by atoms with Gasteiger partial charge in [0.2, 0.25) is 10.0 Å². The number of nitrogens with zero attached hydrogens (tertiary/aromatic N) is 1. The van der Waals surface area contributed by atoms with Gasteiger partial charge in [0.05, 0.1) is 11.5 Å². The standard InChI is InChI=1S/C13H19NO5S/c1-2-14(9-10-15)20(18,19)12-6-3-11(4-7-12)5-8-13(16)17/h3-4,6-7,15H,2,5,8-10H2,1H3,(H,16,17). The van der Waals surface area contributed by atoms with E-state index in [1.807, 2.05) is 0 Å². The number of benzene rings is 1. The smallest absolute Gasteiger partial charge is 0.303 e. The summed E-state index contributed by atoms with van der Waals surface area (Å²) in [4.78, 5) is 10.6.